The van der Waals surface area contributed by atoms with Gasteiger partial charge in [-0.2, -0.15) is 0 Å². The molecule has 17 heavy (non-hydrogen) atoms. The van der Waals surface area contributed by atoms with Crippen molar-refractivity contribution in [2.45, 2.75) is 20.8 Å². The highest BCUT2D eigenvalue weighted by Crippen LogP contribution is 2.20. The summed E-state index contributed by atoms with van der Waals surface area (Å²) < 4.78 is 0. The Morgan fingerprint density at radius 1 is 1.12 bits per heavy atom. The second kappa shape index (κ2) is 4.20. The van der Waals surface area contributed by atoms with Crippen LogP contribution in [0.15, 0.2) is 24.3 Å². The molecule has 0 aliphatic carbocycles. The maximum Gasteiger partial charge on any atom is 0.169 e. The Morgan fingerprint density at radius 2 is 1.71 bits per heavy atom. The Hall–Kier alpha value is -1.84. The number of para-hydroxylation sites is 2. The summed E-state index contributed by atoms with van der Waals surface area (Å²) in [5.74, 6) is 1.12. The third kappa shape index (κ3) is 2.84. The van der Waals surface area contributed by atoms with E-state index in [0.717, 1.165) is 17.6 Å². The molecule has 4 nitrogen and oxygen atoms in total. The predicted octanol–water partition coefficient (Wildman–Crippen LogP) is 2.67. The molecule has 1 aromatic carbocycles. The lowest BCUT2D eigenvalue weighted by atomic mass is 9.97. The van der Waals surface area contributed by atoms with Crippen molar-refractivity contribution in [3.63, 3.8) is 0 Å². The van der Waals surface area contributed by atoms with E-state index in [1.807, 2.05) is 24.3 Å². The molecule has 3 N–H and O–H groups in total. The third-order valence-electron chi connectivity index (χ3n) is 2.38. The van der Waals surface area contributed by atoms with Gasteiger partial charge in [-0.05, 0) is 17.5 Å². The molecular weight excluding hydrogens is 212 g/mol. The Morgan fingerprint density at radius 3 is 2.29 bits per heavy atom. The molecule has 1 aromatic heterocycles. The van der Waals surface area contributed by atoms with Crippen molar-refractivity contribution in [2.75, 3.05) is 17.6 Å². The highest BCUT2D eigenvalue weighted by atomic mass is 15.1. The molecule has 0 atom stereocenters. The van der Waals surface area contributed by atoms with Gasteiger partial charge in [0.1, 0.15) is 0 Å². The van der Waals surface area contributed by atoms with Crippen LogP contribution in [0.4, 0.5) is 11.6 Å². The number of nitrogens with zero attached hydrogens (tertiary/aromatic N) is 2. The van der Waals surface area contributed by atoms with Crippen LogP contribution >= 0.6 is 0 Å². The summed E-state index contributed by atoms with van der Waals surface area (Å²) in [6, 6.07) is 7.72. The number of aromatic nitrogens is 2. The van der Waals surface area contributed by atoms with Gasteiger partial charge in [0.2, 0.25) is 0 Å². The highest BCUT2D eigenvalue weighted by molar-refractivity contribution is 5.79. The van der Waals surface area contributed by atoms with E-state index in [1.165, 1.54) is 0 Å². The van der Waals surface area contributed by atoms with Crippen LogP contribution in [0.25, 0.3) is 11.0 Å². The molecule has 0 fully saturated rings. The number of benzene rings is 1. The van der Waals surface area contributed by atoms with Gasteiger partial charge >= 0.3 is 0 Å². The summed E-state index contributed by atoms with van der Waals surface area (Å²) in [6.45, 7) is 7.28. The van der Waals surface area contributed by atoms with Crippen molar-refractivity contribution in [3.8, 4) is 0 Å². The minimum atomic E-state index is 0.180. The molecule has 2 aromatic rings. The minimum Gasteiger partial charge on any atom is -0.381 e. The van der Waals surface area contributed by atoms with Gasteiger partial charge in [-0.3, -0.25) is 0 Å². The largest absolute Gasteiger partial charge is 0.381 e. The lowest BCUT2D eigenvalue weighted by molar-refractivity contribution is 0.442. The molecule has 0 aliphatic heterocycles. The number of nitrogen functional groups attached to an aromatic ring is 1. The topological polar surface area (TPSA) is 63.8 Å². The van der Waals surface area contributed by atoms with Crippen molar-refractivity contribution in [1.29, 1.82) is 0 Å². The van der Waals surface area contributed by atoms with Gasteiger partial charge in [0.05, 0.1) is 11.0 Å². The molecule has 0 unspecified atom stereocenters. The highest BCUT2D eigenvalue weighted by Gasteiger charge is 2.12. The molecule has 4 heteroatoms. The number of nitrogens with two attached hydrogens (primary N) is 1. The van der Waals surface area contributed by atoms with E-state index in [-0.39, 0.29) is 5.41 Å². The van der Waals surface area contributed by atoms with E-state index in [1.54, 1.807) is 0 Å². The number of rotatable bonds is 2. The molecule has 0 aliphatic rings. The van der Waals surface area contributed by atoms with Gasteiger partial charge in [0, 0.05) is 6.54 Å². The van der Waals surface area contributed by atoms with Crippen LogP contribution in [0.3, 0.4) is 0 Å². The monoisotopic (exact) mass is 230 g/mol. The molecule has 0 spiro atoms. The molecule has 0 amide bonds. The van der Waals surface area contributed by atoms with Crippen molar-refractivity contribution < 1.29 is 0 Å². The van der Waals surface area contributed by atoms with Crippen molar-refractivity contribution in [1.82, 2.24) is 9.97 Å². The van der Waals surface area contributed by atoms with Crippen molar-refractivity contribution in [3.05, 3.63) is 24.3 Å². The maximum atomic E-state index is 5.88. The van der Waals surface area contributed by atoms with E-state index in [4.69, 9.17) is 5.73 Å². The van der Waals surface area contributed by atoms with Crippen LogP contribution < -0.4 is 11.1 Å². The zero-order chi connectivity index (χ0) is 12.5. The number of hydrogen-bond donors (Lipinski definition) is 2. The van der Waals surface area contributed by atoms with E-state index in [9.17, 15) is 0 Å². The summed E-state index contributed by atoms with van der Waals surface area (Å²) in [5.41, 5.74) is 7.74. The fourth-order valence-electron chi connectivity index (χ4n) is 1.49. The SMILES string of the molecule is CC(C)(C)CNc1nc2ccccc2nc1N. The second-order valence-corrected chi connectivity index (χ2v) is 5.36. The zero-order valence-electron chi connectivity index (χ0n) is 10.5. The summed E-state index contributed by atoms with van der Waals surface area (Å²) in [6.07, 6.45) is 0. The van der Waals surface area contributed by atoms with Gasteiger partial charge in [-0.1, -0.05) is 32.9 Å². The van der Waals surface area contributed by atoms with Crippen molar-refractivity contribution in [2.24, 2.45) is 5.41 Å². The molecule has 0 radical (unpaired) electrons. The maximum absolute atomic E-state index is 5.88. The summed E-state index contributed by atoms with van der Waals surface area (Å²) in [5, 5.41) is 3.25. The predicted molar refractivity (Wildman–Crippen MR) is 71.9 cm³/mol. The van der Waals surface area contributed by atoms with E-state index >= 15 is 0 Å². The van der Waals surface area contributed by atoms with Gasteiger partial charge in [0.15, 0.2) is 11.6 Å². The molecule has 0 bridgehead atoms. The summed E-state index contributed by atoms with van der Waals surface area (Å²) in [4.78, 5) is 8.81. The molecule has 2 rings (SSSR count). The molecule has 90 valence electrons. The minimum absolute atomic E-state index is 0.180. The van der Waals surface area contributed by atoms with Crippen LogP contribution in [0, 0.1) is 5.41 Å². The number of nitrogens with one attached hydrogen (secondary N) is 1. The molecule has 1 heterocycles. The van der Waals surface area contributed by atoms with E-state index in [2.05, 4.69) is 36.1 Å². The molecular formula is C13H18N4. The first-order valence-corrected chi connectivity index (χ1v) is 5.72. The average Bonchev–Trinajstić information content (AvgIpc) is 2.25. The van der Waals surface area contributed by atoms with Gasteiger partial charge < -0.3 is 11.1 Å². The van der Waals surface area contributed by atoms with Crippen molar-refractivity contribution >= 4 is 22.7 Å². The Balaban J connectivity index is 2.31. The lowest BCUT2D eigenvalue weighted by Crippen LogP contribution is -2.20. The van der Waals surface area contributed by atoms with E-state index < -0.39 is 0 Å². The number of fused-ring (bicyclic) bond motifs is 1. The first-order chi connectivity index (χ1) is 7.96. The Bertz CT molecular complexity index is 528. The first-order valence-electron chi connectivity index (χ1n) is 5.72. The average molecular weight is 230 g/mol. The summed E-state index contributed by atoms with van der Waals surface area (Å²) >= 11 is 0. The van der Waals surface area contributed by atoms with Gasteiger partial charge in [-0.25, -0.2) is 9.97 Å². The quantitative estimate of drug-likeness (QED) is 0.832. The lowest BCUT2D eigenvalue weighted by Gasteiger charge is -2.19. The van der Waals surface area contributed by atoms with Crippen LogP contribution in [0.5, 0.6) is 0 Å². The van der Waals surface area contributed by atoms with Crippen LogP contribution in [-0.2, 0) is 0 Å². The Kier molecular flexibility index (Phi) is 2.88. The van der Waals surface area contributed by atoms with Crippen LogP contribution in [-0.4, -0.2) is 16.5 Å². The van der Waals surface area contributed by atoms with Gasteiger partial charge in [-0.15, -0.1) is 0 Å². The standard InChI is InChI=1S/C13H18N4/c1-13(2,3)8-15-12-11(14)16-9-6-4-5-7-10(9)17-12/h4-7H,8H2,1-3H3,(H2,14,16)(H,15,17). The van der Waals surface area contributed by atoms with Crippen LogP contribution in [0.2, 0.25) is 0 Å². The Labute approximate surface area is 101 Å². The van der Waals surface area contributed by atoms with Crippen LogP contribution in [0.1, 0.15) is 20.8 Å². The van der Waals surface area contributed by atoms with Gasteiger partial charge in [0.25, 0.3) is 0 Å². The second-order valence-electron chi connectivity index (χ2n) is 5.36. The fraction of sp³-hybridized carbons (Fsp3) is 0.385. The fourth-order valence-corrected chi connectivity index (χ4v) is 1.49. The summed E-state index contributed by atoms with van der Waals surface area (Å²) in [7, 11) is 0. The first kappa shape index (κ1) is 11.6. The molecule has 0 saturated carbocycles. The number of anilines is 2. The number of hydrogen-bond acceptors (Lipinski definition) is 4. The zero-order valence-corrected chi connectivity index (χ0v) is 10.5. The molecule has 0 saturated heterocycles. The third-order valence-corrected chi connectivity index (χ3v) is 2.38. The smallest absolute Gasteiger partial charge is 0.169 e. The normalized spacial score (nSPS) is 11.7. The van der Waals surface area contributed by atoms with E-state index in [0.29, 0.717) is 11.6 Å².